The Morgan fingerprint density at radius 1 is 1.07 bits per heavy atom. The number of fused-ring (bicyclic) bond motifs is 2. The Morgan fingerprint density at radius 3 is 2.47 bits per heavy atom. The highest BCUT2D eigenvalue weighted by molar-refractivity contribution is 8.93. The van der Waals surface area contributed by atoms with Crippen LogP contribution in [0.2, 0.25) is 0 Å². The van der Waals surface area contributed by atoms with Crippen LogP contribution in [-0.4, -0.2) is 103 Å². The standard InChI is InChI=1S/C32H44N2O8.BrH/c1-6-34-16-29(42-28(36)18-9-7-8-10-21(18)33-17(2)35)12-11-25(40-4)31-23(29)14-20(26(31)34)30(37)15-22(39-3)19-13-24(31)32(30,38)27(19)41-5;/h7-10,19-20,22-27,37-38H,6,11-16H2,1-5H3,(H,33,35);1H/t19-,20?,22+,23-,24+,25+,26?,27+,29-,30+,31?,32+;/m1./s1. The lowest BCUT2D eigenvalue weighted by Crippen LogP contribution is -2.83. The van der Waals surface area contributed by atoms with Crippen molar-refractivity contribution in [1.82, 2.24) is 4.90 Å². The van der Waals surface area contributed by atoms with Crippen LogP contribution < -0.4 is 5.32 Å². The van der Waals surface area contributed by atoms with E-state index in [0.717, 1.165) is 0 Å². The number of hydrogen-bond acceptors (Lipinski definition) is 9. The van der Waals surface area contributed by atoms with Crippen molar-refractivity contribution in [3.05, 3.63) is 29.8 Å². The molecule has 43 heavy (non-hydrogen) atoms. The minimum absolute atomic E-state index is 0. The highest BCUT2D eigenvalue weighted by Crippen LogP contribution is 2.79. The Kier molecular flexibility index (Phi) is 7.64. The van der Waals surface area contributed by atoms with Gasteiger partial charge in [-0.3, -0.25) is 9.69 Å². The summed E-state index contributed by atoms with van der Waals surface area (Å²) in [5.74, 6) is -1.54. The number of nitrogens with one attached hydrogen (secondary N) is 1. The molecular weight excluding hydrogens is 620 g/mol. The number of carbonyl (C=O) groups excluding carboxylic acids is 2. The molecule has 0 aromatic heterocycles. The van der Waals surface area contributed by atoms with Gasteiger partial charge in [0.05, 0.1) is 29.6 Å². The molecule has 5 saturated carbocycles. The molecule has 3 N–H and O–H groups in total. The third kappa shape index (κ3) is 3.67. The van der Waals surface area contributed by atoms with E-state index in [0.29, 0.717) is 56.4 Å². The molecule has 3 unspecified atom stereocenters. The molecule has 1 amide bonds. The molecule has 12 atom stereocenters. The number of ether oxygens (including phenoxy) is 4. The van der Waals surface area contributed by atoms with E-state index in [1.165, 1.54) is 6.92 Å². The fourth-order valence-electron chi connectivity index (χ4n) is 11.6. The van der Waals surface area contributed by atoms with Crippen molar-refractivity contribution >= 4 is 34.5 Å². The van der Waals surface area contributed by atoms with E-state index in [4.69, 9.17) is 18.9 Å². The predicted octanol–water partition coefficient (Wildman–Crippen LogP) is 2.80. The molecule has 7 bridgehead atoms. The summed E-state index contributed by atoms with van der Waals surface area (Å²) in [5, 5.41) is 28.4. The molecule has 0 radical (unpaired) electrons. The maximum atomic E-state index is 14.0. The molecule has 7 rings (SSSR count). The first-order valence-corrected chi connectivity index (χ1v) is 15.4. The number of amides is 1. The van der Waals surface area contributed by atoms with Crippen molar-refractivity contribution in [1.29, 1.82) is 0 Å². The summed E-state index contributed by atoms with van der Waals surface area (Å²) in [5.41, 5.74) is -3.57. The van der Waals surface area contributed by atoms with Gasteiger partial charge < -0.3 is 34.5 Å². The third-order valence-electron chi connectivity index (χ3n) is 12.6. The van der Waals surface area contributed by atoms with E-state index in [2.05, 4.69) is 17.1 Å². The zero-order valence-electron chi connectivity index (χ0n) is 25.6. The lowest BCUT2D eigenvalue weighted by atomic mass is 9.44. The Hall–Kier alpha value is -1.60. The minimum atomic E-state index is -1.48. The molecule has 1 saturated heterocycles. The molecule has 5 aliphatic carbocycles. The summed E-state index contributed by atoms with van der Waals surface area (Å²) >= 11 is 0. The number of carbonyl (C=O) groups is 2. The Balaban J connectivity index is 0.00000329. The van der Waals surface area contributed by atoms with Crippen molar-refractivity contribution in [2.45, 2.75) is 87.1 Å². The first-order valence-electron chi connectivity index (χ1n) is 15.4. The molecule has 1 heterocycles. The van der Waals surface area contributed by atoms with Gasteiger partial charge in [-0.25, -0.2) is 4.79 Å². The van der Waals surface area contributed by atoms with E-state index in [-0.39, 0.29) is 64.8 Å². The maximum Gasteiger partial charge on any atom is 0.340 e. The van der Waals surface area contributed by atoms with Gasteiger partial charge >= 0.3 is 5.97 Å². The number of hydrogen-bond donors (Lipinski definition) is 3. The van der Waals surface area contributed by atoms with Crippen LogP contribution in [0.5, 0.6) is 0 Å². The second kappa shape index (κ2) is 10.5. The van der Waals surface area contributed by atoms with Crippen LogP contribution in [0.15, 0.2) is 24.3 Å². The predicted molar refractivity (Wildman–Crippen MR) is 162 cm³/mol. The number of anilines is 1. The topological polar surface area (TPSA) is 127 Å². The van der Waals surface area contributed by atoms with E-state index in [1.54, 1.807) is 45.6 Å². The number of piperidine rings is 1. The number of halogens is 1. The summed E-state index contributed by atoms with van der Waals surface area (Å²) in [6.45, 7) is 4.79. The molecule has 1 aromatic carbocycles. The van der Waals surface area contributed by atoms with Crippen LogP contribution in [0.25, 0.3) is 0 Å². The molecule has 1 aromatic rings. The van der Waals surface area contributed by atoms with Crippen molar-refractivity contribution in [2.75, 3.05) is 39.7 Å². The average Bonchev–Trinajstić information content (AvgIpc) is 3.39. The Labute approximate surface area is 263 Å². The molecule has 11 heteroatoms. The van der Waals surface area contributed by atoms with E-state index in [1.807, 2.05) is 0 Å². The van der Waals surface area contributed by atoms with Crippen LogP contribution in [0, 0.1) is 29.1 Å². The number of likely N-dealkylation sites (N-methyl/N-ethyl adjacent to an activating group) is 1. The summed E-state index contributed by atoms with van der Waals surface area (Å²) in [6.07, 6.45) is 1.91. The van der Waals surface area contributed by atoms with E-state index < -0.39 is 34.3 Å². The van der Waals surface area contributed by atoms with E-state index in [9.17, 15) is 19.8 Å². The molecule has 10 nitrogen and oxygen atoms in total. The zero-order chi connectivity index (χ0) is 29.8. The number of benzene rings is 1. The summed E-state index contributed by atoms with van der Waals surface area (Å²) < 4.78 is 25.1. The molecular formula is C32H45BrN2O8. The Morgan fingerprint density at radius 2 is 1.81 bits per heavy atom. The van der Waals surface area contributed by atoms with Gasteiger partial charge in [-0.15, -0.1) is 17.0 Å². The highest BCUT2D eigenvalue weighted by atomic mass is 79.9. The SMILES string of the molecule is Br.CCN1C[C@]2(OC(=O)c3ccccc3NC(C)=O)CC[C@H](OC)C34C1C(C[C@@H]32)[C@@]1(O)C[C@H](OC)[C@H]2C[C@@H]4[C@]1(O)[C@H]2OC. The fraction of sp³-hybridized carbons (Fsp3) is 0.750. The Bertz CT molecular complexity index is 1300. The third-order valence-corrected chi connectivity index (χ3v) is 12.6. The number of aliphatic hydroxyl groups is 2. The lowest BCUT2D eigenvalue weighted by molar-refractivity contribution is -0.337. The lowest BCUT2D eigenvalue weighted by Gasteiger charge is -2.70. The van der Waals surface area contributed by atoms with Gasteiger partial charge in [0.25, 0.3) is 0 Å². The largest absolute Gasteiger partial charge is 0.454 e. The van der Waals surface area contributed by atoms with Gasteiger partial charge in [0.2, 0.25) is 5.91 Å². The zero-order valence-corrected chi connectivity index (χ0v) is 27.3. The first-order chi connectivity index (χ1) is 20.1. The van der Waals surface area contributed by atoms with Gasteiger partial charge in [0, 0.05) is 76.3 Å². The first kappa shape index (κ1) is 31.4. The van der Waals surface area contributed by atoms with Gasteiger partial charge in [0.15, 0.2) is 0 Å². The summed E-state index contributed by atoms with van der Waals surface area (Å²) in [4.78, 5) is 28.3. The van der Waals surface area contributed by atoms with Gasteiger partial charge in [-0.1, -0.05) is 19.1 Å². The van der Waals surface area contributed by atoms with Gasteiger partial charge in [-0.05, 0) is 44.4 Å². The molecule has 1 spiro atoms. The van der Waals surface area contributed by atoms with Crippen molar-refractivity contribution in [2.24, 2.45) is 29.1 Å². The maximum absolute atomic E-state index is 14.0. The molecule has 1 aliphatic heterocycles. The molecule has 6 fully saturated rings. The molecule has 238 valence electrons. The number of esters is 1. The second-order valence-corrected chi connectivity index (χ2v) is 13.7. The quantitative estimate of drug-likeness (QED) is 0.377. The highest BCUT2D eigenvalue weighted by Gasteiger charge is 2.89. The molecule has 6 aliphatic rings. The summed E-state index contributed by atoms with van der Waals surface area (Å²) in [7, 11) is 5.05. The van der Waals surface area contributed by atoms with Crippen LogP contribution in [0.3, 0.4) is 0 Å². The normalized spacial score (nSPS) is 47.0. The van der Waals surface area contributed by atoms with Gasteiger partial charge in [0.1, 0.15) is 16.8 Å². The fourth-order valence-corrected chi connectivity index (χ4v) is 11.6. The van der Waals surface area contributed by atoms with Crippen LogP contribution in [-0.2, 0) is 23.7 Å². The van der Waals surface area contributed by atoms with Gasteiger partial charge in [-0.2, -0.15) is 0 Å². The van der Waals surface area contributed by atoms with Crippen LogP contribution in [0.4, 0.5) is 5.69 Å². The van der Waals surface area contributed by atoms with Crippen LogP contribution >= 0.6 is 17.0 Å². The van der Waals surface area contributed by atoms with Crippen molar-refractivity contribution < 1.29 is 38.7 Å². The van der Waals surface area contributed by atoms with Crippen LogP contribution in [0.1, 0.15) is 56.3 Å². The van der Waals surface area contributed by atoms with Crippen molar-refractivity contribution in [3.8, 4) is 0 Å². The number of rotatable bonds is 7. The van der Waals surface area contributed by atoms with E-state index >= 15 is 0 Å². The van der Waals surface area contributed by atoms with Crippen molar-refractivity contribution in [3.63, 3.8) is 0 Å². The number of para-hydroxylation sites is 1. The number of methoxy groups -OCH3 is 3. The minimum Gasteiger partial charge on any atom is -0.454 e. The summed E-state index contributed by atoms with van der Waals surface area (Å²) in [6, 6.07) is 6.89. The number of likely N-dealkylation sites (tertiary alicyclic amines) is 1. The average molecular weight is 666 g/mol. The monoisotopic (exact) mass is 664 g/mol. The second-order valence-electron chi connectivity index (χ2n) is 13.7. The smallest absolute Gasteiger partial charge is 0.340 e. The number of nitrogens with zero attached hydrogens (tertiary/aromatic N) is 1.